The molecule has 5 heteroatoms. The Kier molecular flexibility index (Phi) is 2.88. The second-order valence-electron chi connectivity index (χ2n) is 3.37. The smallest absolute Gasteiger partial charge is 0.153 e. The molecule has 1 aromatic heterocycles. The largest absolute Gasteiger partial charge is 0.396 e. The van der Waals surface area contributed by atoms with Crippen molar-refractivity contribution in [3.8, 4) is 6.07 Å². The van der Waals surface area contributed by atoms with Gasteiger partial charge in [0.1, 0.15) is 5.82 Å². The van der Waals surface area contributed by atoms with Gasteiger partial charge in [0.2, 0.25) is 0 Å². The summed E-state index contributed by atoms with van der Waals surface area (Å²) in [5.74, 6) is -0.134. The lowest BCUT2D eigenvalue weighted by molar-refractivity contribution is 0.631. The first-order valence-corrected chi connectivity index (χ1v) is 4.88. The summed E-state index contributed by atoms with van der Waals surface area (Å²) in [6.45, 7) is 0. The molecule has 0 radical (unpaired) electrons. The number of nitrogens with one attached hydrogen (secondary N) is 1. The van der Waals surface area contributed by atoms with Crippen LogP contribution in [0.5, 0.6) is 0 Å². The standard InChI is InChI=1S/C12H9FN4/c13-9-6-8(7-14)3-4-11(9)17-12-10(15)2-1-5-16-12/h1-6H,15H2,(H,16,17). The van der Waals surface area contributed by atoms with Crippen molar-refractivity contribution in [3.05, 3.63) is 47.9 Å². The zero-order valence-electron chi connectivity index (χ0n) is 8.81. The Hall–Kier alpha value is -2.61. The molecule has 0 saturated carbocycles. The second-order valence-corrected chi connectivity index (χ2v) is 3.37. The van der Waals surface area contributed by atoms with Gasteiger partial charge in [-0.05, 0) is 30.3 Å². The molecule has 0 atom stereocenters. The number of pyridine rings is 1. The van der Waals surface area contributed by atoms with Crippen molar-refractivity contribution in [1.29, 1.82) is 5.26 Å². The number of nitrogens with zero attached hydrogens (tertiary/aromatic N) is 2. The van der Waals surface area contributed by atoms with E-state index < -0.39 is 5.82 Å². The lowest BCUT2D eigenvalue weighted by Crippen LogP contribution is -2.00. The fraction of sp³-hybridized carbons (Fsp3) is 0. The van der Waals surface area contributed by atoms with Crippen molar-refractivity contribution in [2.45, 2.75) is 0 Å². The summed E-state index contributed by atoms with van der Waals surface area (Å²) in [6, 6.07) is 9.36. The summed E-state index contributed by atoms with van der Waals surface area (Å²) in [5, 5.41) is 11.4. The number of nitrogen functional groups attached to an aromatic ring is 1. The molecule has 3 N–H and O–H groups in total. The fourth-order valence-electron chi connectivity index (χ4n) is 1.34. The third-order valence-corrected chi connectivity index (χ3v) is 2.19. The molecule has 1 aromatic carbocycles. The zero-order valence-corrected chi connectivity index (χ0v) is 8.81. The van der Waals surface area contributed by atoms with E-state index in [4.69, 9.17) is 11.0 Å². The van der Waals surface area contributed by atoms with Crippen LogP contribution in [0.4, 0.5) is 21.6 Å². The number of aromatic nitrogens is 1. The number of hydrogen-bond acceptors (Lipinski definition) is 4. The van der Waals surface area contributed by atoms with Gasteiger partial charge in [0.25, 0.3) is 0 Å². The average Bonchev–Trinajstić information content (AvgIpc) is 2.34. The Morgan fingerprint density at radius 1 is 1.35 bits per heavy atom. The van der Waals surface area contributed by atoms with Crippen LogP contribution >= 0.6 is 0 Å². The summed E-state index contributed by atoms with van der Waals surface area (Å²) < 4.78 is 13.6. The molecule has 0 bridgehead atoms. The predicted octanol–water partition coefficient (Wildman–Crippen LogP) is 2.42. The van der Waals surface area contributed by atoms with Crippen molar-refractivity contribution in [2.24, 2.45) is 0 Å². The van der Waals surface area contributed by atoms with Gasteiger partial charge in [0, 0.05) is 6.20 Å². The van der Waals surface area contributed by atoms with Gasteiger partial charge in [-0.15, -0.1) is 0 Å². The van der Waals surface area contributed by atoms with Crippen LogP contribution in [0.1, 0.15) is 5.56 Å². The summed E-state index contributed by atoms with van der Waals surface area (Å²) >= 11 is 0. The summed E-state index contributed by atoms with van der Waals surface area (Å²) in [7, 11) is 0. The van der Waals surface area contributed by atoms with E-state index >= 15 is 0 Å². The molecule has 0 aliphatic rings. The van der Waals surface area contributed by atoms with Crippen molar-refractivity contribution in [3.63, 3.8) is 0 Å². The van der Waals surface area contributed by atoms with E-state index in [2.05, 4.69) is 10.3 Å². The van der Waals surface area contributed by atoms with Crippen LogP contribution in [0.25, 0.3) is 0 Å². The molecule has 17 heavy (non-hydrogen) atoms. The number of nitrogens with two attached hydrogens (primary N) is 1. The van der Waals surface area contributed by atoms with Crippen LogP contribution < -0.4 is 11.1 Å². The third kappa shape index (κ3) is 2.32. The highest BCUT2D eigenvalue weighted by atomic mass is 19.1. The summed E-state index contributed by atoms with van der Waals surface area (Å²) in [4.78, 5) is 3.99. The van der Waals surface area contributed by atoms with Crippen molar-refractivity contribution < 1.29 is 4.39 Å². The van der Waals surface area contributed by atoms with Gasteiger partial charge in [-0.25, -0.2) is 9.37 Å². The highest BCUT2D eigenvalue weighted by molar-refractivity contribution is 5.68. The Balaban J connectivity index is 2.32. The minimum absolute atomic E-state index is 0.231. The van der Waals surface area contributed by atoms with Crippen LogP contribution in [0.15, 0.2) is 36.5 Å². The SMILES string of the molecule is N#Cc1ccc(Nc2ncccc2N)c(F)c1. The number of hydrogen-bond donors (Lipinski definition) is 2. The number of anilines is 3. The van der Waals surface area contributed by atoms with E-state index in [1.54, 1.807) is 18.3 Å². The molecule has 0 fully saturated rings. The molecular formula is C12H9FN4. The van der Waals surface area contributed by atoms with Crippen molar-refractivity contribution in [1.82, 2.24) is 4.98 Å². The number of rotatable bonds is 2. The van der Waals surface area contributed by atoms with E-state index in [0.29, 0.717) is 11.5 Å². The molecule has 1 heterocycles. The van der Waals surface area contributed by atoms with Gasteiger partial charge in [-0.1, -0.05) is 0 Å². The van der Waals surface area contributed by atoms with E-state index in [1.165, 1.54) is 12.1 Å². The molecule has 0 spiro atoms. The number of halogens is 1. The summed E-state index contributed by atoms with van der Waals surface area (Å²) in [6.07, 6.45) is 1.56. The second kappa shape index (κ2) is 4.49. The molecule has 0 aliphatic heterocycles. The van der Waals surface area contributed by atoms with Gasteiger partial charge >= 0.3 is 0 Å². The first-order chi connectivity index (χ1) is 8.20. The maximum atomic E-state index is 13.6. The topological polar surface area (TPSA) is 74.7 Å². The molecule has 0 aliphatic carbocycles. The van der Waals surface area contributed by atoms with Gasteiger partial charge < -0.3 is 11.1 Å². The Labute approximate surface area is 97.5 Å². The van der Waals surface area contributed by atoms with Crippen LogP contribution in [-0.4, -0.2) is 4.98 Å². The lowest BCUT2D eigenvalue weighted by Gasteiger charge is -2.08. The van der Waals surface area contributed by atoms with Gasteiger partial charge in [0.05, 0.1) is 23.0 Å². The number of nitriles is 1. The minimum Gasteiger partial charge on any atom is -0.396 e. The molecule has 84 valence electrons. The highest BCUT2D eigenvalue weighted by Gasteiger charge is 2.06. The molecule has 2 aromatic rings. The Morgan fingerprint density at radius 3 is 2.82 bits per heavy atom. The molecule has 0 saturated heterocycles. The maximum absolute atomic E-state index is 13.6. The lowest BCUT2D eigenvalue weighted by atomic mass is 10.2. The van der Waals surface area contributed by atoms with Crippen LogP contribution in [0.2, 0.25) is 0 Å². The van der Waals surface area contributed by atoms with Gasteiger partial charge in [-0.3, -0.25) is 0 Å². The highest BCUT2D eigenvalue weighted by Crippen LogP contribution is 2.22. The van der Waals surface area contributed by atoms with Gasteiger partial charge in [-0.2, -0.15) is 5.26 Å². The van der Waals surface area contributed by atoms with E-state index in [9.17, 15) is 4.39 Å². The quantitative estimate of drug-likeness (QED) is 0.827. The average molecular weight is 228 g/mol. The van der Waals surface area contributed by atoms with E-state index in [0.717, 1.165) is 6.07 Å². The molecule has 2 rings (SSSR count). The third-order valence-electron chi connectivity index (χ3n) is 2.19. The van der Waals surface area contributed by atoms with Crippen LogP contribution in [-0.2, 0) is 0 Å². The molecular weight excluding hydrogens is 219 g/mol. The fourth-order valence-corrected chi connectivity index (χ4v) is 1.34. The molecule has 0 amide bonds. The monoisotopic (exact) mass is 228 g/mol. The Bertz CT molecular complexity index is 589. The van der Waals surface area contributed by atoms with E-state index in [-0.39, 0.29) is 11.3 Å². The van der Waals surface area contributed by atoms with Gasteiger partial charge in [0.15, 0.2) is 5.82 Å². The first-order valence-electron chi connectivity index (χ1n) is 4.88. The predicted molar refractivity (Wildman–Crippen MR) is 63.0 cm³/mol. The normalized spacial score (nSPS) is 9.65. The van der Waals surface area contributed by atoms with Crippen LogP contribution in [0.3, 0.4) is 0 Å². The van der Waals surface area contributed by atoms with Crippen molar-refractivity contribution >= 4 is 17.2 Å². The zero-order chi connectivity index (χ0) is 12.3. The van der Waals surface area contributed by atoms with Crippen LogP contribution in [0, 0.1) is 17.1 Å². The van der Waals surface area contributed by atoms with E-state index in [1.807, 2.05) is 6.07 Å². The maximum Gasteiger partial charge on any atom is 0.153 e. The molecule has 0 unspecified atom stereocenters. The van der Waals surface area contributed by atoms with Crippen molar-refractivity contribution in [2.75, 3.05) is 11.1 Å². The minimum atomic E-state index is -0.519. The Morgan fingerprint density at radius 2 is 2.18 bits per heavy atom. The first kappa shape index (κ1) is 10.9. The number of benzene rings is 1. The summed E-state index contributed by atoms with van der Waals surface area (Å²) in [5.41, 5.74) is 6.60. The molecule has 4 nitrogen and oxygen atoms in total.